The molecule has 0 aromatic heterocycles. The summed E-state index contributed by atoms with van der Waals surface area (Å²) in [7, 11) is 4.70. The van der Waals surface area contributed by atoms with Crippen LogP contribution in [0.15, 0.2) is 42.5 Å². The number of aliphatic hydroxyl groups excluding tert-OH is 1. The molecule has 5 aliphatic rings. The number of hydrogen-bond donors (Lipinski definition) is 11. The highest BCUT2D eigenvalue weighted by Crippen LogP contribution is 2.51. The van der Waals surface area contributed by atoms with Gasteiger partial charge in [0.15, 0.2) is 18.3 Å². The third kappa shape index (κ3) is 15.9. The van der Waals surface area contributed by atoms with Crippen LogP contribution >= 0.6 is 0 Å². The summed E-state index contributed by atoms with van der Waals surface area (Å²) in [6, 6.07) is 11.0. The van der Waals surface area contributed by atoms with Crippen LogP contribution in [0.25, 0.3) is 0 Å². The van der Waals surface area contributed by atoms with E-state index in [0.717, 1.165) is 39.0 Å². The van der Waals surface area contributed by atoms with Gasteiger partial charge in [-0.25, -0.2) is 9.59 Å². The number of likely N-dealkylation sites (N-methyl/N-ethyl adjacent to an activating group) is 1. The summed E-state index contributed by atoms with van der Waals surface area (Å²) < 4.78 is 32.9. The number of phenolic OH excluding ortho intramolecular Hbond substituents is 2. The van der Waals surface area contributed by atoms with E-state index < -0.39 is 76.8 Å². The Morgan fingerprint density at radius 1 is 0.937 bits per heavy atom. The molecule has 0 bridgehead atoms. The Hall–Kier alpha value is -6.97. The number of aliphatic hydroxyl groups is 2. The number of fused-ring (bicyclic) bond motifs is 6. The zero-order valence-electron chi connectivity index (χ0n) is 45.7. The van der Waals surface area contributed by atoms with Crippen molar-refractivity contribution < 1.29 is 82.4 Å². The first-order chi connectivity index (χ1) is 37.8. The molecule has 3 fully saturated rings. The summed E-state index contributed by atoms with van der Waals surface area (Å²) in [5.41, 5.74) is 2.14. The molecule has 3 aromatic carbocycles. The van der Waals surface area contributed by atoms with Crippen molar-refractivity contribution in [3.63, 3.8) is 0 Å². The minimum Gasteiger partial charge on any atom is -0.507 e. The van der Waals surface area contributed by atoms with E-state index in [1.54, 1.807) is 38.4 Å². The molecule has 3 aromatic rings. The van der Waals surface area contributed by atoms with E-state index in [-0.39, 0.29) is 84.4 Å². The number of urea groups is 1. The number of nitrogens with zero attached hydrogens (tertiary/aromatic N) is 1. The summed E-state index contributed by atoms with van der Waals surface area (Å²) in [6.07, 6.45) is 0.793. The number of carbonyl (C=O) groups is 7. The van der Waals surface area contributed by atoms with Crippen LogP contribution in [0.4, 0.5) is 15.3 Å². The van der Waals surface area contributed by atoms with Crippen LogP contribution in [0.5, 0.6) is 17.2 Å². The number of amides is 6. The van der Waals surface area contributed by atoms with Gasteiger partial charge in [-0.15, -0.1) is 0 Å². The van der Waals surface area contributed by atoms with Crippen LogP contribution in [0.3, 0.4) is 0 Å². The van der Waals surface area contributed by atoms with Crippen molar-refractivity contribution >= 4 is 47.6 Å². The van der Waals surface area contributed by atoms with Gasteiger partial charge >= 0.3 is 12.1 Å². The van der Waals surface area contributed by atoms with E-state index in [0.29, 0.717) is 36.8 Å². The Morgan fingerprint density at radius 2 is 1.63 bits per heavy atom. The maximum atomic E-state index is 13.4. The number of phenols is 2. The van der Waals surface area contributed by atoms with E-state index in [1.807, 2.05) is 6.92 Å². The molecular weight excluding hydrogens is 1030 g/mol. The smallest absolute Gasteiger partial charge is 0.407 e. The lowest BCUT2D eigenvalue weighted by atomic mass is 9.72. The number of primary amides is 1. The quantitative estimate of drug-likeness (QED) is 0.0409. The number of morpholine rings is 1. The van der Waals surface area contributed by atoms with Gasteiger partial charge in [0.1, 0.15) is 35.6 Å². The number of ether oxygens (including phenoxy) is 6. The fourth-order valence-corrected chi connectivity index (χ4v) is 9.75. The molecule has 2 aliphatic carbocycles. The van der Waals surface area contributed by atoms with Crippen LogP contribution in [0.2, 0.25) is 0 Å². The Morgan fingerprint density at radius 3 is 2.29 bits per heavy atom. The van der Waals surface area contributed by atoms with Gasteiger partial charge < -0.3 is 86.5 Å². The standard InChI is InChI=1S/C31H29N3O11.C11H19NO4.C9H20N4O2.C3H8/c1-44-20-4-2-3-17-22(20)28(40)24-23(25(17)37)26(38)18-11-31(43,12-19(36)21(18)27(24)39)29(41)32-9-10-33-30(42)45-13-15-5-7-16(8-6-15)34-14-35;1-7-9-8(3-5-14-7)12-4-6-15-11(13-2)10(12)16-9;1-7(13-8(14)6-11-2)4-3-5-12-9(10)15;1-3-2/h2-8,14,19,36,38-39,43H,9-13H2,1H3,(H,32,41)(H,33,42)(H,34,35);7-11H,3-6H2,1-2H3;7,11H,3-6H2,1-2H3,(H,13,14)(H3,10,12,15);3H2,1-2H3/t;7?,8?,9?,10-,11?;;/m.1../s1. The van der Waals surface area contributed by atoms with Gasteiger partial charge in [0.05, 0.1) is 49.2 Å². The molecule has 0 radical (unpaired) electrons. The number of anilines is 1. The summed E-state index contributed by atoms with van der Waals surface area (Å²) in [5.74, 6) is -3.94. The van der Waals surface area contributed by atoms with Crippen LogP contribution in [0.1, 0.15) is 114 Å². The number of hydrogen-bond acceptors (Lipinski definition) is 19. The third-order valence-electron chi connectivity index (χ3n) is 13.4. The molecule has 79 heavy (non-hydrogen) atoms. The van der Waals surface area contributed by atoms with Crippen LogP contribution in [-0.4, -0.2) is 177 Å². The molecule has 8 rings (SSSR count). The Labute approximate surface area is 458 Å². The van der Waals surface area contributed by atoms with Crippen molar-refractivity contribution in [3.8, 4) is 17.2 Å². The largest absolute Gasteiger partial charge is 0.507 e. The van der Waals surface area contributed by atoms with Crippen molar-refractivity contribution in [2.24, 2.45) is 5.73 Å². The van der Waals surface area contributed by atoms with Gasteiger partial charge in [0, 0.05) is 87.2 Å². The minimum absolute atomic E-state index is 0.0205. The Kier molecular flexibility index (Phi) is 23.8. The number of nitrogens with two attached hydrogens (primary N) is 1. The van der Waals surface area contributed by atoms with Gasteiger partial charge in [-0.1, -0.05) is 44.5 Å². The van der Waals surface area contributed by atoms with Crippen molar-refractivity contribution in [3.05, 3.63) is 81.4 Å². The zero-order valence-corrected chi connectivity index (χ0v) is 45.7. The molecule has 8 atom stereocenters. The highest BCUT2D eigenvalue weighted by molar-refractivity contribution is 6.31. The first kappa shape index (κ1) is 62.9. The number of alkyl carbamates (subject to hydrolysis) is 1. The summed E-state index contributed by atoms with van der Waals surface area (Å²) in [6.45, 7) is 11.3. The average Bonchev–Trinajstić information content (AvgIpc) is 3.98. The van der Waals surface area contributed by atoms with Gasteiger partial charge in [-0.3, -0.25) is 28.9 Å². The number of benzene rings is 3. The van der Waals surface area contributed by atoms with E-state index in [2.05, 4.69) is 57.6 Å². The second kappa shape index (κ2) is 29.8. The predicted molar refractivity (Wildman–Crippen MR) is 285 cm³/mol. The molecule has 434 valence electrons. The molecule has 7 unspecified atom stereocenters. The van der Waals surface area contributed by atoms with Gasteiger partial charge in [0.2, 0.25) is 18.1 Å². The minimum atomic E-state index is -2.28. The summed E-state index contributed by atoms with van der Waals surface area (Å²) >= 11 is 0. The summed E-state index contributed by atoms with van der Waals surface area (Å²) in [4.78, 5) is 86.2. The maximum absolute atomic E-state index is 13.4. The number of ketones is 2. The first-order valence-electron chi connectivity index (χ1n) is 26.2. The van der Waals surface area contributed by atoms with Crippen molar-refractivity contribution in [2.75, 3.05) is 72.5 Å². The molecule has 25 nitrogen and oxygen atoms in total. The van der Waals surface area contributed by atoms with E-state index >= 15 is 0 Å². The highest BCUT2D eigenvalue weighted by atomic mass is 16.7. The molecule has 25 heteroatoms. The number of carbonyl (C=O) groups excluding carboxylic acids is 7. The molecule has 0 spiro atoms. The molecular formula is C54H76N8O17. The topological polar surface area (TPSA) is 357 Å². The fourth-order valence-electron chi connectivity index (χ4n) is 9.75. The Balaban J connectivity index is 0.000000273. The number of nitrogens with one attached hydrogen (secondary N) is 6. The zero-order chi connectivity index (χ0) is 58.0. The third-order valence-corrected chi connectivity index (χ3v) is 13.4. The number of methoxy groups -OCH3 is 2. The average molecular weight is 1110 g/mol. The van der Waals surface area contributed by atoms with E-state index in [1.165, 1.54) is 31.7 Å². The number of rotatable bonds is 17. The molecule has 3 heterocycles. The highest BCUT2D eigenvalue weighted by Gasteiger charge is 2.52. The van der Waals surface area contributed by atoms with Crippen molar-refractivity contribution in [1.29, 1.82) is 0 Å². The lowest BCUT2D eigenvalue weighted by molar-refractivity contribution is -0.246. The number of aromatic hydroxyl groups is 2. The molecule has 3 aliphatic heterocycles. The molecule has 6 amide bonds. The molecule has 0 saturated carbocycles. The first-order valence-corrected chi connectivity index (χ1v) is 26.2. The van der Waals surface area contributed by atoms with E-state index in [9.17, 15) is 54.0 Å². The maximum Gasteiger partial charge on any atom is 0.407 e. The van der Waals surface area contributed by atoms with Crippen molar-refractivity contribution in [1.82, 2.24) is 31.5 Å². The van der Waals surface area contributed by atoms with Crippen LogP contribution in [0, 0.1) is 0 Å². The van der Waals surface area contributed by atoms with Gasteiger partial charge in [-0.2, -0.15) is 0 Å². The second-order valence-electron chi connectivity index (χ2n) is 19.3. The summed E-state index contributed by atoms with van der Waals surface area (Å²) in [5, 5.41) is 59.9. The normalized spacial score (nSPS) is 22.7. The second-order valence-corrected chi connectivity index (χ2v) is 19.3. The van der Waals surface area contributed by atoms with Gasteiger partial charge in [-0.05, 0) is 63.9 Å². The fraction of sp³-hybridized carbons (Fsp3) is 0.537. The van der Waals surface area contributed by atoms with E-state index in [4.69, 9.17) is 34.2 Å². The Bertz CT molecular complexity index is 2610. The van der Waals surface area contributed by atoms with Crippen LogP contribution in [-0.2, 0) is 51.1 Å². The van der Waals surface area contributed by atoms with Crippen molar-refractivity contribution in [2.45, 2.75) is 121 Å². The molecule has 12 N–H and O–H groups in total. The lowest BCUT2D eigenvalue weighted by Gasteiger charge is -2.37. The molecule has 3 saturated heterocycles. The van der Waals surface area contributed by atoms with Gasteiger partial charge in [0.25, 0.3) is 5.91 Å². The lowest BCUT2D eigenvalue weighted by Crippen LogP contribution is -2.53. The SMILES string of the molecule is CCC.CNCC(=O)NC(C)CCCNC(N)=O.COC1OCCN2C3CCOC(C)C3O[C@H]12.COc1cccc2c1C(=O)c1c(O)c3c(c(O)c1C2=O)CC(O)(C(=O)NCCNC(=O)OCc1ccc(NC=O)cc1)CC3O. The van der Waals surface area contributed by atoms with Crippen LogP contribution < -0.4 is 42.4 Å². The predicted octanol–water partition coefficient (Wildman–Crippen LogP) is 1.97. The monoisotopic (exact) mass is 1110 g/mol.